The van der Waals surface area contributed by atoms with Crippen molar-refractivity contribution in [2.24, 2.45) is 5.73 Å². The number of likely N-dealkylation sites (N-methyl/N-ethyl adjacent to an activating group) is 1. The van der Waals surface area contributed by atoms with Crippen LogP contribution in [-0.2, 0) is 4.74 Å². The highest BCUT2D eigenvalue weighted by Gasteiger charge is 2.28. The third kappa shape index (κ3) is 9.51. The zero-order chi connectivity index (χ0) is 10.5. The second-order valence-electron chi connectivity index (χ2n) is 2.50. The Morgan fingerprint density at radius 3 is 2.46 bits per heavy atom. The van der Waals surface area contributed by atoms with Gasteiger partial charge in [0.2, 0.25) is 0 Å². The van der Waals surface area contributed by atoms with Crippen LogP contribution in [0.2, 0.25) is 0 Å². The molecule has 0 bridgehead atoms. The zero-order valence-electron chi connectivity index (χ0n) is 7.10. The maximum atomic E-state index is 11.5. The van der Waals surface area contributed by atoms with Crippen molar-refractivity contribution >= 4 is 17.2 Å². The highest BCUT2D eigenvalue weighted by Crippen LogP contribution is 2.15. The van der Waals surface area contributed by atoms with Crippen molar-refractivity contribution in [3.63, 3.8) is 0 Å². The minimum Gasteiger partial charge on any atom is -0.392 e. The van der Waals surface area contributed by atoms with Crippen LogP contribution < -0.4 is 5.73 Å². The van der Waals surface area contributed by atoms with Crippen LogP contribution in [0.25, 0.3) is 0 Å². The summed E-state index contributed by atoms with van der Waals surface area (Å²) < 4.78 is 38.0. The first-order valence-electron chi connectivity index (χ1n) is 3.49. The van der Waals surface area contributed by atoms with Crippen LogP contribution in [0.15, 0.2) is 0 Å². The summed E-state index contributed by atoms with van der Waals surface area (Å²) in [6.07, 6.45) is -4.57. The summed E-state index contributed by atoms with van der Waals surface area (Å²) in [5, 5.41) is 0. The fraction of sp³-hybridized carbons (Fsp3) is 0.833. The van der Waals surface area contributed by atoms with Crippen molar-refractivity contribution in [2.45, 2.75) is 6.36 Å². The van der Waals surface area contributed by atoms with Gasteiger partial charge in [0.15, 0.2) is 0 Å². The lowest BCUT2D eigenvalue weighted by atomic mass is 10.5. The predicted molar refractivity (Wildman–Crippen MR) is 46.3 cm³/mol. The number of halogens is 3. The second-order valence-corrected chi connectivity index (χ2v) is 3.02. The Bertz CT molecular complexity index is 174. The monoisotopic (exact) mass is 216 g/mol. The molecule has 0 atom stereocenters. The van der Waals surface area contributed by atoms with E-state index in [0.717, 1.165) is 0 Å². The molecule has 0 aromatic carbocycles. The summed E-state index contributed by atoms with van der Waals surface area (Å²) in [7, 11) is 1.61. The van der Waals surface area contributed by atoms with Gasteiger partial charge >= 0.3 is 6.36 Å². The van der Waals surface area contributed by atoms with Crippen molar-refractivity contribution < 1.29 is 17.9 Å². The van der Waals surface area contributed by atoms with Crippen LogP contribution >= 0.6 is 12.2 Å². The lowest BCUT2D eigenvalue weighted by Crippen LogP contribution is -2.33. The van der Waals surface area contributed by atoms with Gasteiger partial charge in [-0.3, -0.25) is 9.64 Å². The molecule has 0 radical (unpaired) electrons. The van der Waals surface area contributed by atoms with Crippen LogP contribution in [0.3, 0.4) is 0 Å². The molecule has 0 aliphatic heterocycles. The Labute approximate surface area is 79.6 Å². The average Bonchev–Trinajstić information content (AvgIpc) is 1.81. The van der Waals surface area contributed by atoms with Crippen LogP contribution in [-0.4, -0.2) is 43.0 Å². The van der Waals surface area contributed by atoms with Crippen LogP contribution in [0, 0.1) is 0 Å². The number of rotatable bonds is 5. The van der Waals surface area contributed by atoms with Crippen molar-refractivity contribution in [3.8, 4) is 0 Å². The number of nitrogens with two attached hydrogens (primary N) is 1. The summed E-state index contributed by atoms with van der Waals surface area (Å²) in [6.45, 7) is 0.00993. The Hall–Kier alpha value is -0.400. The van der Waals surface area contributed by atoms with E-state index in [1.807, 2.05) is 0 Å². The average molecular weight is 216 g/mol. The maximum absolute atomic E-state index is 11.5. The topological polar surface area (TPSA) is 38.5 Å². The Morgan fingerprint density at radius 2 is 2.08 bits per heavy atom. The molecule has 0 unspecified atom stereocenters. The molecule has 0 amide bonds. The number of alkyl halides is 3. The van der Waals surface area contributed by atoms with Gasteiger partial charge in [-0.15, -0.1) is 13.2 Å². The molecule has 0 heterocycles. The Balaban J connectivity index is 3.48. The molecule has 0 aromatic heterocycles. The standard InChI is InChI=1S/C6H11F3N2OS/c1-11(4-5(10)13)2-3-12-6(7,8)9/h2-4H2,1H3,(H2,10,13). The maximum Gasteiger partial charge on any atom is 0.522 e. The molecule has 7 heteroatoms. The van der Waals surface area contributed by atoms with E-state index in [1.54, 1.807) is 11.9 Å². The molecule has 78 valence electrons. The van der Waals surface area contributed by atoms with Gasteiger partial charge in [0, 0.05) is 13.1 Å². The molecular weight excluding hydrogens is 205 g/mol. The summed E-state index contributed by atoms with van der Waals surface area (Å²) in [5.74, 6) is 0. The van der Waals surface area contributed by atoms with Gasteiger partial charge in [-0.05, 0) is 7.05 Å². The molecule has 0 spiro atoms. The van der Waals surface area contributed by atoms with Crippen LogP contribution in [0.1, 0.15) is 0 Å². The number of thiocarbonyl (C=S) groups is 1. The van der Waals surface area contributed by atoms with E-state index in [9.17, 15) is 13.2 Å². The van der Waals surface area contributed by atoms with Crippen molar-refractivity contribution in [3.05, 3.63) is 0 Å². The molecule has 13 heavy (non-hydrogen) atoms. The first kappa shape index (κ1) is 12.6. The molecule has 0 rings (SSSR count). The molecule has 0 saturated carbocycles. The van der Waals surface area contributed by atoms with E-state index >= 15 is 0 Å². The quantitative estimate of drug-likeness (QED) is 0.688. The van der Waals surface area contributed by atoms with Gasteiger partial charge in [-0.25, -0.2) is 0 Å². The van der Waals surface area contributed by atoms with Crippen LogP contribution in [0.5, 0.6) is 0 Å². The minimum absolute atomic E-state index is 0.136. The van der Waals surface area contributed by atoms with Gasteiger partial charge < -0.3 is 5.73 Å². The molecule has 0 saturated heterocycles. The highest BCUT2D eigenvalue weighted by molar-refractivity contribution is 7.80. The van der Waals surface area contributed by atoms with Gasteiger partial charge in [0.25, 0.3) is 0 Å². The zero-order valence-corrected chi connectivity index (χ0v) is 7.91. The predicted octanol–water partition coefficient (Wildman–Crippen LogP) is 0.741. The molecule has 0 aromatic rings. The lowest BCUT2D eigenvalue weighted by Gasteiger charge is -2.15. The van der Waals surface area contributed by atoms with Gasteiger partial charge in [-0.2, -0.15) is 0 Å². The molecule has 3 nitrogen and oxygen atoms in total. The summed E-state index contributed by atoms with van der Waals surface area (Å²) in [4.78, 5) is 1.79. The van der Waals surface area contributed by atoms with E-state index in [0.29, 0.717) is 0 Å². The van der Waals surface area contributed by atoms with E-state index in [4.69, 9.17) is 5.73 Å². The fourth-order valence-corrected chi connectivity index (χ4v) is 0.883. The third-order valence-corrected chi connectivity index (χ3v) is 1.29. The van der Waals surface area contributed by atoms with Crippen molar-refractivity contribution in [1.29, 1.82) is 0 Å². The molecular formula is C6H11F3N2OS. The number of hydrogen-bond acceptors (Lipinski definition) is 3. The highest BCUT2D eigenvalue weighted by atomic mass is 32.1. The molecule has 0 aliphatic rings. The molecule has 0 fully saturated rings. The smallest absolute Gasteiger partial charge is 0.392 e. The first-order chi connectivity index (χ1) is 5.81. The van der Waals surface area contributed by atoms with Gasteiger partial charge in [0.05, 0.1) is 11.6 Å². The number of ether oxygens (including phenoxy) is 1. The van der Waals surface area contributed by atoms with Crippen LogP contribution in [0.4, 0.5) is 13.2 Å². The van der Waals surface area contributed by atoms with Crippen molar-refractivity contribution in [2.75, 3.05) is 26.7 Å². The number of hydrogen-bond donors (Lipinski definition) is 1. The van der Waals surface area contributed by atoms with E-state index < -0.39 is 13.0 Å². The fourth-order valence-electron chi connectivity index (χ4n) is 0.662. The summed E-state index contributed by atoms with van der Waals surface area (Å²) in [6, 6.07) is 0. The largest absolute Gasteiger partial charge is 0.522 e. The molecule has 2 N–H and O–H groups in total. The first-order valence-corrected chi connectivity index (χ1v) is 3.89. The van der Waals surface area contributed by atoms with Crippen molar-refractivity contribution in [1.82, 2.24) is 4.90 Å². The number of nitrogens with zero attached hydrogens (tertiary/aromatic N) is 1. The van der Waals surface area contributed by atoms with Gasteiger partial charge in [-0.1, -0.05) is 12.2 Å². The lowest BCUT2D eigenvalue weighted by molar-refractivity contribution is -0.324. The van der Waals surface area contributed by atoms with Gasteiger partial charge in [0.1, 0.15) is 0 Å². The summed E-state index contributed by atoms with van der Waals surface area (Å²) >= 11 is 4.57. The normalized spacial score (nSPS) is 12.1. The van der Waals surface area contributed by atoms with E-state index in [2.05, 4.69) is 17.0 Å². The summed E-state index contributed by atoms with van der Waals surface area (Å²) in [5.41, 5.74) is 5.18. The molecule has 0 aliphatic carbocycles. The Morgan fingerprint density at radius 1 is 1.54 bits per heavy atom. The third-order valence-electron chi connectivity index (χ3n) is 1.16. The minimum atomic E-state index is -4.57. The SMILES string of the molecule is CN(CCOC(F)(F)F)CC(N)=S. The Kier molecular flexibility index (Phi) is 5.19. The van der Waals surface area contributed by atoms with E-state index in [-0.39, 0.29) is 18.1 Å². The second kappa shape index (κ2) is 5.36. The van der Waals surface area contributed by atoms with E-state index in [1.165, 1.54) is 0 Å².